The molecule has 1 aliphatic rings. The second-order valence-electron chi connectivity index (χ2n) is 5.36. The Morgan fingerprint density at radius 2 is 1.96 bits per heavy atom. The van der Waals surface area contributed by atoms with Gasteiger partial charge in [0.05, 0.1) is 11.3 Å². The Labute approximate surface area is 143 Å². The molecule has 0 unspecified atom stereocenters. The Hall–Kier alpha value is -2.74. The molecule has 0 atom stereocenters. The van der Waals surface area contributed by atoms with Crippen molar-refractivity contribution >= 4 is 11.6 Å². The lowest BCUT2D eigenvalue weighted by Gasteiger charge is -2.18. The third-order valence-electron chi connectivity index (χ3n) is 3.83. The van der Waals surface area contributed by atoms with E-state index in [1.54, 1.807) is 12.1 Å². The number of ether oxygens (including phenoxy) is 1. The molecule has 1 aliphatic heterocycles. The first kappa shape index (κ1) is 15.8. The number of hydrogen-bond donors (Lipinski definition) is 0. The molecule has 0 saturated heterocycles. The number of nitrogens with zero attached hydrogens (tertiary/aromatic N) is 2. The van der Waals surface area contributed by atoms with Crippen LogP contribution in [0, 0.1) is 0 Å². The zero-order valence-electron chi connectivity index (χ0n) is 12.3. The van der Waals surface area contributed by atoms with Gasteiger partial charge in [-0.1, -0.05) is 22.8 Å². The van der Waals surface area contributed by atoms with Gasteiger partial charge in [-0.15, -0.1) is 0 Å². The van der Waals surface area contributed by atoms with Crippen LogP contribution < -0.4 is 10.5 Å². The number of alkyl halides is 3. The Morgan fingerprint density at radius 1 is 1.16 bits per heavy atom. The highest BCUT2D eigenvalue weighted by atomic mass is 35.5. The van der Waals surface area contributed by atoms with E-state index < -0.39 is 17.5 Å². The molecule has 25 heavy (non-hydrogen) atoms. The topological polar surface area (TPSA) is 57.3 Å². The second kappa shape index (κ2) is 5.38. The highest BCUT2D eigenvalue weighted by Crippen LogP contribution is 2.38. The zero-order valence-corrected chi connectivity index (χ0v) is 13.1. The van der Waals surface area contributed by atoms with Crippen molar-refractivity contribution in [2.24, 2.45) is 0 Å². The molecule has 0 fully saturated rings. The highest BCUT2D eigenvalue weighted by molar-refractivity contribution is 6.33. The third-order valence-corrected chi connectivity index (χ3v) is 4.16. The smallest absolute Gasteiger partial charge is 0.446 e. The minimum atomic E-state index is -4.49. The first-order valence-corrected chi connectivity index (χ1v) is 7.44. The molecule has 0 saturated carbocycles. The molecule has 2 heterocycles. The molecule has 0 bridgehead atoms. The molecule has 9 heteroatoms. The predicted octanol–water partition coefficient (Wildman–Crippen LogP) is 4.06. The molecule has 5 nitrogen and oxygen atoms in total. The van der Waals surface area contributed by atoms with E-state index in [0.717, 1.165) is 12.1 Å². The van der Waals surface area contributed by atoms with Crippen LogP contribution in [0.5, 0.6) is 5.75 Å². The normalized spacial score (nSPS) is 13.1. The van der Waals surface area contributed by atoms with Gasteiger partial charge in [0, 0.05) is 10.6 Å². The minimum absolute atomic E-state index is 0.0579. The van der Waals surface area contributed by atoms with Crippen molar-refractivity contribution < 1.29 is 22.4 Å². The van der Waals surface area contributed by atoms with Crippen LogP contribution in [0.1, 0.15) is 11.4 Å². The number of halogens is 4. The van der Waals surface area contributed by atoms with Crippen LogP contribution in [-0.4, -0.2) is 9.72 Å². The maximum atomic E-state index is 13.0. The van der Waals surface area contributed by atoms with E-state index in [4.69, 9.17) is 16.3 Å². The average Bonchev–Trinajstić information content (AvgIpc) is 2.95. The molecule has 3 aromatic rings. The first-order valence-electron chi connectivity index (χ1n) is 7.06. The van der Waals surface area contributed by atoms with Crippen LogP contribution >= 0.6 is 11.6 Å². The summed E-state index contributed by atoms with van der Waals surface area (Å²) in [6, 6.07) is 7.71. The molecule has 0 aliphatic carbocycles. The van der Waals surface area contributed by atoms with E-state index in [-0.39, 0.29) is 23.0 Å². The largest absolute Gasteiger partial charge is 0.483 e. The maximum absolute atomic E-state index is 13.0. The summed E-state index contributed by atoms with van der Waals surface area (Å²) >= 11 is 6.08. The van der Waals surface area contributed by atoms with Crippen molar-refractivity contribution in [3.05, 3.63) is 63.4 Å². The lowest BCUT2D eigenvalue weighted by atomic mass is 10.0. The fourth-order valence-corrected chi connectivity index (χ4v) is 2.88. The Bertz CT molecular complexity index is 1040. The molecular weight excluding hydrogens is 361 g/mol. The van der Waals surface area contributed by atoms with Gasteiger partial charge in [0.1, 0.15) is 5.75 Å². The van der Waals surface area contributed by atoms with Crippen molar-refractivity contribution in [2.45, 2.75) is 12.8 Å². The summed E-state index contributed by atoms with van der Waals surface area (Å²) in [6.07, 6.45) is -4.49. The molecule has 0 amide bonds. The monoisotopic (exact) mass is 368 g/mol. The van der Waals surface area contributed by atoms with Gasteiger partial charge in [-0.2, -0.15) is 13.2 Å². The summed E-state index contributed by atoms with van der Waals surface area (Å²) in [7, 11) is 0. The molecule has 4 rings (SSSR count). The van der Waals surface area contributed by atoms with Crippen LogP contribution in [0.2, 0.25) is 5.02 Å². The fraction of sp³-hybridized carbons (Fsp3) is 0.125. The summed E-state index contributed by atoms with van der Waals surface area (Å²) in [4.78, 5) is 11.8. The van der Waals surface area contributed by atoms with Crippen molar-refractivity contribution in [1.82, 2.24) is 9.72 Å². The molecule has 0 radical (unpaired) electrons. The Balaban J connectivity index is 1.90. The lowest BCUT2D eigenvalue weighted by molar-refractivity contribution is -0.137. The van der Waals surface area contributed by atoms with E-state index in [9.17, 15) is 18.0 Å². The van der Waals surface area contributed by atoms with Crippen LogP contribution in [0.4, 0.5) is 13.2 Å². The van der Waals surface area contributed by atoms with Crippen LogP contribution in [-0.2, 0) is 12.8 Å². The number of benzene rings is 2. The Morgan fingerprint density at radius 3 is 2.72 bits per heavy atom. The molecule has 0 N–H and O–H groups in total. The summed E-state index contributed by atoms with van der Waals surface area (Å²) in [5.74, 6) is -0.0405. The number of aromatic nitrogens is 2. The fourth-order valence-electron chi connectivity index (χ4n) is 2.65. The van der Waals surface area contributed by atoms with Crippen LogP contribution in [0.3, 0.4) is 0 Å². The van der Waals surface area contributed by atoms with Crippen molar-refractivity contribution in [3.8, 4) is 22.6 Å². The molecule has 0 spiro atoms. The van der Waals surface area contributed by atoms with Crippen LogP contribution in [0.25, 0.3) is 16.8 Å². The van der Waals surface area contributed by atoms with Crippen molar-refractivity contribution in [1.29, 1.82) is 0 Å². The van der Waals surface area contributed by atoms with E-state index in [0.29, 0.717) is 17.0 Å². The van der Waals surface area contributed by atoms with E-state index in [1.807, 2.05) is 0 Å². The van der Waals surface area contributed by atoms with Gasteiger partial charge in [0.25, 0.3) is 0 Å². The van der Waals surface area contributed by atoms with E-state index in [1.165, 1.54) is 16.7 Å². The standard InChI is InChI=1S/C16H8ClF3N2O3/c17-11-3-2-9(16(18,19)20)6-10(11)8-1-4-13-12(5-8)22-14(7-24-13)21-25-15(22)23/h1-6H,7H2. The molecular formula is C16H8ClF3N2O3. The second-order valence-corrected chi connectivity index (χ2v) is 5.77. The quantitative estimate of drug-likeness (QED) is 0.650. The molecule has 1 aromatic heterocycles. The Kier molecular flexibility index (Phi) is 3.40. The van der Waals surface area contributed by atoms with Gasteiger partial charge in [-0.25, -0.2) is 9.36 Å². The van der Waals surface area contributed by atoms with Gasteiger partial charge in [-0.3, -0.25) is 4.52 Å². The van der Waals surface area contributed by atoms with E-state index in [2.05, 4.69) is 9.68 Å². The van der Waals surface area contributed by atoms with Crippen molar-refractivity contribution in [2.75, 3.05) is 0 Å². The van der Waals surface area contributed by atoms with E-state index >= 15 is 0 Å². The third kappa shape index (κ3) is 2.58. The minimum Gasteiger partial charge on any atom is -0.483 e. The number of fused-ring (bicyclic) bond motifs is 3. The van der Waals surface area contributed by atoms with Gasteiger partial charge in [0.15, 0.2) is 12.4 Å². The average molecular weight is 369 g/mol. The van der Waals surface area contributed by atoms with Gasteiger partial charge in [-0.05, 0) is 35.9 Å². The predicted molar refractivity (Wildman–Crippen MR) is 81.9 cm³/mol. The van der Waals surface area contributed by atoms with Gasteiger partial charge < -0.3 is 4.74 Å². The summed E-state index contributed by atoms with van der Waals surface area (Å²) < 4.78 is 50.2. The lowest BCUT2D eigenvalue weighted by Crippen LogP contribution is -2.21. The number of hydrogen-bond acceptors (Lipinski definition) is 4. The SMILES string of the molecule is O=c1onc2n1-c1cc(-c3cc(C(F)(F)F)ccc3Cl)ccc1OC2. The van der Waals surface area contributed by atoms with Gasteiger partial charge in [0.2, 0.25) is 0 Å². The summed E-state index contributed by atoms with van der Waals surface area (Å²) in [6.45, 7) is 0.0579. The maximum Gasteiger partial charge on any atom is 0.446 e. The first-order chi connectivity index (χ1) is 11.8. The van der Waals surface area contributed by atoms with Gasteiger partial charge >= 0.3 is 11.9 Å². The summed E-state index contributed by atoms with van der Waals surface area (Å²) in [5.41, 5.74) is 0.109. The molecule has 2 aromatic carbocycles. The number of rotatable bonds is 1. The highest BCUT2D eigenvalue weighted by Gasteiger charge is 2.31. The van der Waals surface area contributed by atoms with Crippen LogP contribution in [0.15, 0.2) is 45.7 Å². The van der Waals surface area contributed by atoms with Crippen molar-refractivity contribution in [3.63, 3.8) is 0 Å². The summed E-state index contributed by atoms with van der Waals surface area (Å²) in [5, 5.41) is 3.75. The zero-order chi connectivity index (χ0) is 17.8. The molecule has 128 valence electrons.